The maximum absolute atomic E-state index is 13.1. The number of sulfonamides is 2. The van der Waals surface area contributed by atoms with Crippen LogP contribution in [0.2, 0.25) is 0 Å². The minimum absolute atomic E-state index is 0.0290. The van der Waals surface area contributed by atoms with E-state index in [1.165, 1.54) is 35.5 Å². The van der Waals surface area contributed by atoms with Crippen LogP contribution in [0.25, 0.3) is 0 Å². The number of hydrogen-bond acceptors (Lipinski definition) is 6. The highest BCUT2D eigenvalue weighted by atomic mass is 32.2. The summed E-state index contributed by atoms with van der Waals surface area (Å²) < 4.78 is 60.4. The first kappa shape index (κ1) is 22.9. The van der Waals surface area contributed by atoms with Gasteiger partial charge in [0.25, 0.3) is 10.0 Å². The quantitative estimate of drug-likeness (QED) is 0.646. The first-order chi connectivity index (χ1) is 14.6. The van der Waals surface area contributed by atoms with E-state index in [0.29, 0.717) is 25.1 Å². The van der Waals surface area contributed by atoms with Gasteiger partial charge in [-0.05, 0) is 62.2 Å². The molecule has 3 rings (SSSR count). The van der Waals surface area contributed by atoms with Crippen molar-refractivity contribution in [3.8, 4) is 5.75 Å². The van der Waals surface area contributed by atoms with E-state index in [1.807, 2.05) is 0 Å². The lowest BCUT2D eigenvalue weighted by molar-refractivity contribution is -0.114. The lowest BCUT2D eigenvalue weighted by Crippen LogP contribution is -2.37. The molecule has 168 valence electrons. The zero-order chi connectivity index (χ0) is 22.6. The molecule has 2 N–H and O–H groups in total. The Morgan fingerprint density at radius 1 is 1.10 bits per heavy atom. The van der Waals surface area contributed by atoms with Gasteiger partial charge in [-0.2, -0.15) is 0 Å². The highest BCUT2D eigenvalue weighted by Crippen LogP contribution is 2.33. The molecule has 1 aliphatic rings. The highest BCUT2D eigenvalue weighted by Gasteiger charge is 2.29. The van der Waals surface area contributed by atoms with Crippen molar-refractivity contribution in [2.24, 2.45) is 0 Å². The van der Waals surface area contributed by atoms with Crippen LogP contribution in [-0.2, 0) is 24.8 Å². The van der Waals surface area contributed by atoms with Gasteiger partial charge >= 0.3 is 0 Å². The van der Waals surface area contributed by atoms with Crippen LogP contribution in [0.15, 0.2) is 47.4 Å². The van der Waals surface area contributed by atoms with E-state index >= 15 is 0 Å². The molecule has 0 saturated carbocycles. The summed E-state index contributed by atoms with van der Waals surface area (Å²) in [5, 5.41) is 2.61. The fraction of sp³-hybridized carbons (Fsp3) is 0.350. The Labute approximate surface area is 182 Å². The van der Waals surface area contributed by atoms with Crippen LogP contribution >= 0.6 is 0 Å². The average molecular weight is 468 g/mol. The zero-order valence-electron chi connectivity index (χ0n) is 17.3. The van der Waals surface area contributed by atoms with Gasteiger partial charge in [0.1, 0.15) is 10.6 Å². The van der Waals surface area contributed by atoms with Crippen LogP contribution in [0.1, 0.15) is 26.7 Å². The Bertz CT molecular complexity index is 1160. The van der Waals surface area contributed by atoms with E-state index in [0.717, 1.165) is 0 Å². The summed E-state index contributed by atoms with van der Waals surface area (Å²) in [5.41, 5.74) is 1.10. The molecule has 2 aromatic rings. The lowest BCUT2D eigenvalue weighted by atomic mass is 10.2. The number of nitrogens with one attached hydrogen (secondary N) is 2. The number of carbonyl (C=O) groups excluding carboxylic acids is 1. The topological polar surface area (TPSA) is 122 Å². The number of carbonyl (C=O) groups is 1. The van der Waals surface area contributed by atoms with Gasteiger partial charge in [0.05, 0.1) is 18.0 Å². The van der Waals surface area contributed by atoms with E-state index in [-0.39, 0.29) is 40.3 Å². The van der Waals surface area contributed by atoms with Gasteiger partial charge in [0, 0.05) is 24.8 Å². The monoisotopic (exact) mass is 467 g/mol. The normalized spacial score (nSPS) is 15.9. The number of anilines is 3. The molecule has 0 spiro atoms. The van der Waals surface area contributed by atoms with E-state index in [1.54, 1.807) is 25.1 Å². The molecule has 1 heterocycles. The second kappa shape index (κ2) is 9.15. The Kier molecular flexibility index (Phi) is 6.75. The minimum Gasteiger partial charge on any atom is -0.492 e. The van der Waals surface area contributed by atoms with Gasteiger partial charge in [-0.3, -0.25) is 13.8 Å². The molecule has 1 saturated heterocycles. The largest absolute Gasteiger partial charge is 0.492 e. The van der Waals surface area contributed by atoms with E-state index in [2.05, 4.69) is 10.0 Å². The summed E-state index contributed by atoms with van der Waals surface area (Å²) in [6, 6.07) is 10.5. The molecule has 0 bridgehead atoms. The second-order valence-corrected chi connectivity index (χ2v) is 10.7. The van der Waals surface area contributed by atoms with Gasteiger partial charge in [-0.15, -0.1) is 0 Å². The zero-order valence-corrected chi connectivity index (χ0v) is 18.9. The number of hydrogen-bond donors (Lipinski definition) is 2. The first-order valence-electron chi connectivity index (χ1n) is 9.80. The molecule has 31 heavy (non-hydrogen) atoms. The summed E-state index contributed by atoms with van der Waals surface area (Å²) in [7, 11) is -7.58. The first-order valence-corrected chi connectivity index (χ1v) is 12.9. The summed E-state index contributed by atoms with van der Waals surface area (Å²) in [6.45, 7) is 3.65. The standard InChI is InChI=1S/C20H25N3O6S2/c1-3-29-19-11-10-18(23-12-4-5-13-30(23,25)26)14-20(19)31(27,28)22-17-8-6-16(7-9-17)21-15(2)24/h6-11,14,22H,3-5,12-13H2,1-2H3,(H,21,24). The summed E-state index contributed by atoms with van der Waals surface area (Å²) in [5.74, 6) is -0.0801. The molecule has 0 aromatic heterocycles. The second-order valence-electron chi connectivity index (χ2n) is 7.02. The van der Waals surface area contributed by atoms with Gasteiger partial charge in [0.15, 0.2) is 0 Å². The number of amides is 1. The van der Waals surface area contributed by atoms with Gasteiger partial charge in [-0.25, -0.2) is 16.8 Å². The molecular formula is C20H25N3O6S2. The lowest BCUT2D eigenvalue weighted by Gasteiger charge is -2.28. The fourth-order valence-corrected chi connectivity index (χ4v) is 6.11. The molecule has 0 unspecified atom stereocenters. The molecular weight excluding hydrogens is 442 g/mol. The SMILES string of the molecule is CCOc1ccc(N2CCCCS2(=O)=O)cc1S(=O)(=O)Nc1ccc(NC(C)=O)cc1. The summed E-state index contributed by atoms with van der Waals surface area (Å²) in [4.78, 5) is 11.0. The summed E-state index contributed by atoms with van der Waals surface area (Å²) >= 11 is 0. The van der Waals surface area contributed by atoms with Crippen LogP contribution in [0, 0.1) is 0 Å². The molecule has 9 nitrogen and oxygen atoms in total. The molecule has 2 aromatic carbocycles. The maximum Gasteiger partial charge on any atom is 0.265 e. The van der Waals surface area contributed by atoms with E-state index in [9.17, 15) is 21.6 Å². The Hall–Kier alpha value is -2.79. The third kappa shape index (κ3) is 5.47. The van der Waals surface area contributed by atoms with Crippen molar-refractivity contribution in [3.05, 3.63) is 42.5 Å². The van der Waals surface area contributed by atoms with Crippen LogP contribution in [-0.4, -0.2) is 41.6 Å². The molecule has 1 fully saturated rings. The van der Waals surface area contributed by atoms with Crippen molar-refractivity contribution in [2.75, 3.05) is 33.2 Å². The Balaban J connectivity index is 1.95. The molecule has 11 heteroatoms. The van der Waals surface area contributed by atoms with Crippen LogP contribution < -0.4 is 19.1 Å². The Morgan fingerprint density at radius 2 is 1.77 bits per heavy atom. The van der Waals surface area contributed by atoms with E-state index < -0.39 is 20.0 Å². The third-order valence-corrected chi connectivity index (χ3v) is 7.88. The van der Waals surface area contributed by atoms with Gasteiger partial charge in [0.2, 0.25) is 15.9 Å². The van der Waals surface area contributed by atoms with Crippen LogP contribution in [0.5, 0.6) is 5.75 Å². The molecule has 1 amide bonds. The fourth-order valence-electron chi connectivity index (χ4n) is 3.25. The summed E-state index contributed by atoms with van der Waals surface area (Å²) in [6.07, 6.45) is 1.28. The molecule has 0 radical (unpaired) electrons. The molecule has 0 aliphatic carbocycles. The predicted molar refractivity (Wildman–Crippen MR) is 120 cm³/mol. The smallest absolute Gasteiger partial charge is 0.265 e. The maximum atomic E-state index is 13.1. The van der Waals surface area contributed by atoms with Crippen LogP contribution in [0.4, 0.5) is 17.1 Å². The molecule has 1 aliphatic heterocycles. The average Bonchev–Trinajstić information content (AvgIpc) is 2.69. The minimum atomic E-state index is -4.08. The van der Waals surface area contributed by atoms with Gasteiger partial charge in [-0.1, -0.05) is 0 Å². The highest BCUT2D eigenvalue weighted by molar-refractivity contribution is 7.93. The Morgan fingerprint density at radius 3 is 2.39 bits per heavy atom. The van der Waals surface area contributed by atoms with Crippen molar-refractivity contribution in [1.29, 1.82) is 0 Å². The number of ether oxygens (including phenoxy) is 1. The van der Waals surface area contributed by atoms with Crippen molar-refractivity contribution in [1.82, 2.24) is 0 Å². The number of rotatable bonds is 7. The van der Waals surface area contributed by atoms with Crippen molar-refractivity contribution in [2.45, 2.75) is 31.6 Å². The predicted octanol–water partition coefficient (Wildman–Crippen LogP) is 2.77. The van der Waals surface area contributed by atoms with Crippen molar-refractivity contribution >= 4 is 43.0 Å². The van der Waals surface area contributed by atoms with E-state index in [4.69, 9.17) is 4.74 Å². The van der Waals surface area contributed by atoms with Gasteiger partial charge < -0.3 is 10.1 Å². The number of nitrogens with zero attached hydrogens (tertiary/aromatic N) is 1. The van der Waals surface area contributed by atoms with Crippen molar-refractivity contribution < 1.29 is 26.4 Å². The number of benzene rings is 2. The van der Waals surface area contributed by atoms with Crippen LogP contribution in [0.3, 0.4) is 0 Å². The molecule has 0 atom stereocenters. The third-order valence-electron chi connectivity index (χ3n) is 4.61. The van der Waals surface area contributed by atoms with Crippen molar-refractivity contribution in [3.63, 3.8) is 0 Å².